The SMILES string of the molecule is CCc1nc(N)nc(N[C@H](C)c2nncn2CCOC)c1C. The summed E-state index contributed by atoms with van der Waals surface area (Å²) in [5.74, 6) is 1.84. The van der Waals surface area contributed by atoms with E-state index in [1.165, 1.54) is 0 Å². The van der Waals surface area contributed by atoms with Crippen molar-refractivity contribution in [3.05, 3.63) is 23.4 Å². The van der Waals surface area contributed by atoms with Crippen LogP contribution in [0, 0.1) is 6.92 Å². The number of aromatic nitrogens is 5. The van der Waals surface area contributed by atoms with E-state index >= 15 is 0 Å². The van der Waals surface area contributed by atoms with Crippen LogP contribution in [0.5, 0.6) is 0 Å². The molecule has 0 amide bonds. The Morgan fingerprint density at radius 3 is 2.86 bits per heavy atom. The van der Waals surface area contributed by atoms with E-state index in [9.17, 15) is 0 Å². The lowest BCUT2D eigenvalue weighted by Crippen LogP contribution is -2.17. The highest BCUT2D eigenvalue weighted by Gasteiger charge is 2.16. The Kier molecular flexibility index (Phi) is 5.26. The summed E-state index contributed by atoms with van der Waals surface area (Å²) in [6.07, 6.45) is 2.51. The summed E-state index contributed by atoms with van der Waals surface area (Å²) in [4.78, 5) is 8.55. The molecule has 3 N–H and O–H groups in total. The van der Waals surface area contributed by atoms with Gasteiger partial charge in [-0.1, -0.05) is 6.92 Å². The quantitative estimate of drug-likeness (QED) is 0.795. The first-order valence-corrected chi connectivity index (χ1v) is 7.33. The summed E-state index contributed by atoms with van der Waals surface area (Å²) in [5.41, 5.74) is 7.74. The van der Waals surface area contributed by atoms with Crippen molar-refractivity contribution in [1.29, 1.82) is 0 Å². The van der Waals surface area contributed by atoms with E-state index in [1.54, 1.807) is 13.4 Å². The van der Waals surface area contributed by atoms with Gasteiger partial charge in [-0.3, -0.25) is 0 Å². The number of nitrogens with two attached hydrogens (primary N) is 1. The molecule has 0 saturated carbocycles. The maximum atomic E-state index is 5.78. The average Bonchev–Trinajstić information content (AvgIpc) is 2.96. The zero-order valence-electron chi connectivity index (χ0n) is 13.5. The maximum Gasteiger partial charge on any atom is 0.222 e. The molecule has 2 aromatic rings. The standard InChI is InChI=1S/C14H23N7O/c1-5-11-9(2)12(19-14(15)18-11)17-10(3)13-20-16-8-21(13)6-7-22-4/h8,10H,5-7H2,1-4H3,(H3,15,17,18,19)/t10-/m1/s1. The van der Waals surface area contributed by atoms with Gasteiger partial charge in [0, 0.05) is 19.2 Å². The normalized spacial score (nSPS) is 12.4. The molecule has 0 fully saturated rings. The monoisotopic (exact) mass is 305 g/mol. The van der Waals surface area contributed by atoms with Crippen molar-refractivity contribution < 1.29 is 4.74 Å². The fourth-order valence-corrected chi connectivity index (χ4v) is 2.30. The van der Waals surface area contributed by atoms with Gasteiger partial charge in [-0.05, 0) is 20.3 Å². The van der Waals surface area contributed by atoms with Crippen molar-refractivity contribution in [2.75, 3.05) is 24.8 Å². The van der Waals surface area contributed by atoms with Gasteiger partial charge >= 0.3 is 0 Å². The van der Waals surface area contributed by atoms with Crippen molar-refractivity contribution in [3.8, 4) is 0 Å². The molecule has 2 heterocycles. The Labute approximate surface area is 130 Å². The van der Waals surface area contributed by atoms with Gasteiger partial charge in [0.2, 0.25) is 5.95 Å². The van der Waals surface area contributed by atoms with E-state index in [-0.39, 0.29) is 12.0 Å². The molecule has 0 saturated heterocycles. The van der Waals surface area contributed by atoms with Crippen molar-refractivity contribution in [1.82, 2.24) is 24.7 Å². The Balaban J connectivity index is 2.20. The number of nitrogens with zero attached hydrogens (tertiary/aromatic N) is 5. The lowest BCUT2D eigenvalue weighted by atomic mass is 10.2. The van der Waals surface area contributed by atoms with Gasteiger partial charge in [0.05, 0.1) is 18.3 Å². The van der Waals surface area contributed by atoms with Crippen molar-refractivity contribution in [2.45, 2.75) is 39.8 Å². The van der Waals surface area contributed by atoms with E-state index in [0.29, 0.717) is 13.2 Å². The molecule has 8 heteroatoms. The van der Waals surface area contributed by atoms with Gasteiger partial charge in [0.25, 0.3) is 0 Å². The van der Waals surface area contributed by atoms with Gasteiger partial charge in [-0.2, -0.15) is 4.98 Å². The number of aryl methyl sites for hydroxylation is 1. The molecule has 1 atom stereocenters. The van der Waals surface area contributed by atoms with E-state index in [1.807, 2.05) is 25.3 Å². The van der Waals surface area contributed by atoms with Crippen molar-refractivity contribution in [2.24, 2.45) is 0 Å². The second-order valence-electron chi connectivity index (χ2n) is 5.10. The van der Waals surface area contributed by atoms with Crippen LogP contribution in [0.2, 0.25) is 0 Å². The highest BCUT2D eigenvalue weighted by atomic mass is 16.5. The molecule has 0 aliphatic carbocycles. The van der Waals surface area contributed by atoms with Gasteiger partial charge in [0.1, 0.15) is 12.1 Å². The molecule has 0 aromatic carbocycles. The van der Waals surface area contributed by atoms with Gasteiger partial charge < -0.3 is 20.4 Å². The smallest absolute Gasteiger partial charge is 0.222 e. The summed E-state index contributed by atoms with van der Waals surface area (Å²) >= 11 is 0. The fraction of sp³-hybridized carbons (Fsp3) is 0.571. The maximum absolute atomic E-state index is 5.78. The largest absolute Gasteiger partial charge is 0.383 e. The molecule has 120 valence electrons. The van der Waals surface area contributed by atoms with Crippen LogP contribution >= 0.6 is 0 Å². The third kappa shape index (κ3) is 3.51. The second-order valence-corrected chi connectivity index (χ2v) is 5.10. The van der Waals surface area contributed by atoms with Crippen LogP contribution in [0.3, 0.4) is 0 Å². The number of nitrogens with one attached hydrogen (secondary N) is 1. The van der Waals surface area contributed by atoms with Crippen molar-refractivity contribution >= 4 is 11.8 Å². The molecule has 0 aliphatic rings. The number of anilines is 2. The lowest BCUT2D eigenvalue weighted by molar-refractivity contribution is 0.186. The molecule has 2 aromatic heterocycles. The van der Waals surface area contributed by atoms with Crippen molar-refractivity contribution in [3.63, 3.8) is 0 Å². The van der Waals surface area contributed by atoms with Crippen LogP contribution in [-0.2, 0) is 17.7 Å². The third-order valence-electron chi connectivity index (χ3n) is 3.52. The van der Waals surface area contributed by atoms with Gasteiger partial charge in [0.15, 0.2) is 5.82 Å². The minimum Gasteiger partial charge on any atom is -0.383 e. The average molecular weight is 305 g/mol. The first-order chi connectivity index (χ1) is 10.6. The predicted molar refractivity (Wildman–Crippen MR) is 84.5 cm³/mol. The van der Waals surface area contributed by atoms with Crippen LogP contribution in [0.1, 0.15) is 37.0 Å². The molecule has 0 bridgehead atoms. The topological polar surface area (TPSA) is 104 Å². The molecule has 0 spiro atoms. The molecule has 0 radical (unpaired) electrons. The number of methoxy groups -OCH3 is 1. The highest BCUT2D eigenvalue weighted by Crippen LogP contribution is 2.22. The number of rotatable bonds is 7. The van der Waals surface area contributed by atoms with Crippen LogP contribution < -0.4 is 11.1 Å². The molecule has 0 unspecified atom stereocenters. The summed E-state index contributed by atoms with van der Waals surface area (Å²) in [7, 11) is 1.67. The minimum absolute atomic E-state index is 0.0583. The van der Waals surface area contributed by atoms with Gasteiger partial charge in [-0.15, -0.1) is 10.2 Å². The zero-order chi connectivity index (χ0) is 16.1. The van der Waals surface area contributed by atoms with E-state index < -0.39 is 0 Å². The number of hydrogen-bond acceptors (Lipinski definition) is 7. The molecule has 2 rings (SSSR count). The first-order valence-electron chi connectivity index (χ1n) is 7.33. The Bertz CT molecular complexity index is 626. The van der Waals surface area contributed by atoms with Crippen LogP contribution in [0.15, 0.2) is 6.33 Å². The third-order valence-corrected chi connectivity index (χ3v) is 3.52. The lowest BCUT2D eigenvalue weighted by Gasteiger charge is -2.18. The summed E-state index contributed by atoms with van der Waals surface area (Å²) in [6.45, 7) is 7.36. The molecular formula is C14H23N7O. The fourth-order valence-electron chi connectivity index (χ4n) is 2.30. The first kappa shape index (κ1) is 16.2. The summed E-state index contributed by atoms with van der Waals surface area (Å²) in [5, 5.41) is 11.5. The summed E-state index contributed by atoms with van der Waals surface area (Å²) in [6, 6.07) is -0.0583. The van der Waals surface area contributed by atoms with E-state index in [0.717, 1.165) is 29.3 Å². The molecular weight excluding hydrogens is 282 g/mol. The Morgan fingerprint density at radius 2 is 2.18 bits per heavy atom. The number of ether oxygens (including phenoxy) is 1. The second kappa shape index (κ2) is 7.17. The molecule has 22 heavy (non-hydrogen) atoms. The molecule has 8 nitrogen and oxygen atoms in total. The number of hydrogen-bond donors (Lipinski definition) is 2. The van der Waals surface area contributed by atoms with Crippen LogP contribution in [-0.4, -0.2) is 38.4 Å². The van der Waals surface area contributed by atoms with E-state index in [2.05, 4.69) is 25.5 Å². The highest BCUT2D eigenvalue weighted by molar-refractivity contribution is 5.49. The molecule has 0 aliphatic heterocycles. The van der Waals surface area contributed by atoms with Crippen LogP contribution in [0.25, 0.3) is 0 Å². The minimum atomic E-state index is -0.0583. The van der Waals surface area contributed by atoms with Crippen LogP contribution in [0.4, 0.5) is 11.8 Å². The van der Waals surface area contributed by atoms with Gasteiger partial charge in [-0.25, -0.2) is 4.98 Å². The Hall–Kier alpha value is -2.22. The van der Waals surface area contributed by atoms with E-state index in [4.69, 9.17) is 10.5 Å². The predicted octanol–water partition coefficient (Wildman–Crippen LogP) is 1.34. The zero-order valence-corrected chi connectivity index (χ0v) is 13.5. The summed E-state index contributed by atoms with van der Waals surface area (Å²) < 4.78 is 7.06. The number of nitrogen functional groups attached to an aromatic ring is 1. The Morgan fingerprint density at radius 1 is 1.41 bits per heavy atom.